The van der Waals surface area contributed by atoms with Gasteiger partial charge in [-0.15, -0.1) is 0 Å². The number of nitrogens with zero attached hydrogens (tertiary/aromatic N) is 5. The van der Waals surface area contributed by atoms with Gasteiger partial charge in [-0.3, -0.25) is 9.80 Å². The summed E-state index contributed by atoms with van der Waals surface area (Å²) < 4.78 is 16.3. The van der Waals surface area contributed by atoms with E-state index in [1.54, 1.807) is 6.07 Å². The van der Waals surface area contributed by atoms with Crippen LogP contribution in [0, 0.1) is 5.82 Å². The third-order valence-corrected chi connectivity index (χ3v) is 9.78. The van der Waals surface area contributed by atoms with Crippen molar-refractivity contribution in [2.75, 3.05) is 44.6 Å². The van der Waals surface area contributed by atoms with Crippen molar-refractivity contribution in [1.82, 2.24) is 29.7 Å². The molecule has 3 aliphatic rings. The second-order valence-electron chi connectivity index (χ2n) is 12.4. The maximum Gasteiger partial charge on any atom is 0.229 e. The summed E-state index contributed by atoms with van der Waals surface area (Å²) in [6, 6.07) is 14.6. The van der Waals surface area contributed by atoms with Crippen molar-refractivity contribution in [3.8, 4) is 11.1 Å². The SMILES string of the molecule is Fc1cc(Cl)cc(Nc2ncc3c(-c4ccc(CN5CCN(C6CCNCC6)CC5)cc4)cn(C4CCCCC4)c3n2)c1. The molecule has 1 aliphatic carbocycles. The molecular weight excluding hydrogens is 561 g/mol. The number of anilines is 2. The lowest BCUT2D eigenvalue weighted by Crippen LogP contribution is -2.52. The van der Waals surface area contributed by atoms with Gasteiger partial charge in [0.1, 0.15) is 11.5 Å². The number of rotatable bonds is 7. The van der Waals surface area contributed by atoms with Crippen LogP contribution in [-0.2, 0) is 6.54 Å². The summed E-state index contributed by atoms with van der Waals surface area (Å²) in [6.07, 6.45) is 12.8. The molecule has 0 amide bonds. The molecule has 2 N–H and O–H groups in total. The average Bonchev–Trinajstić information content (AvgIpc) is 3.41. The zero-order valence-corrected chi connectivity index (χ0v) is 25.5. The number of piperidine rings is 1. The molecule has 0 atom stereocenters. The van der Waals surface area contributed by atoms with Crippen molar-refractivity contribution in [1.29, 1.82) is 0 Å². The molecule has 0 bridgehead atoms. The summed E-state index contributed by atoms with van der Waals surface area (Å²) in [5.41, 5.74) is 5.14. The van der Waals surface area contributed by atoms with Gasteiger partial charge in [0.2, 0.25) is 5.95 Å². The molecule has 3 fully saturated rings. The third kappa shape index (κ3) is 6.58. The van der Waals surface area contributed by atoms with Crippen molar-refractivity contribution in [2.24, 2.45) is 0 Å². The maximum atomic E-state index is 14.0. The van der Waals surface area contributed by atoms with Crippen molar-refractivity contribution in [2.45, 2.75) is 63.6 Å². The number of nitrogens with one attached hydrogen (secondary N) is 2. The smallest absolute Gasteiger partial charge is 0.229 e. The Kier molecular flexibility index (Phi) is 8.62. The van der Waals surface area contributed by atoms with Crippen LogP contribution in [0.2, 0.25) is 5.02 Å². The normalized spacial score (nSPS) is 19.7. The summed E-state index contributed by atoms with van der Waals surface area (Å²) >= 11 is 6.08. The molecule has 0 radical (unpaired) electrons. The topological polar surface area (TPSA) is 61.3 Å². The zero-order chi connectivity index (χ0) is 29.2. The number of hydrogen-bond acceptors (Lipinski definition) is 6. The van der Waals surface area contributed by atoms with Gasteiger partial charge in [0.05, 0.1) is 0 Å². The fraction of sp³-hybridized carbons (Fsp3) is 0.471. The number of benzene rings is 2. The fourth-order valence-corrected chi connectivity index (χ4v) is 7.44. The Hall–Kier alpha value is -3.04. The Labute approximate surface area is 258 Å². The molecule has 0 spiro atoms. The first-order valence-corrected chi connectivity index (χ1v) is 16.3. The molecule has 9 heteroatoms. The molecule has 2 aromatic carbocycles. The highest BCUT2D eigenvalue weighted by molar-refractivity contribution is 6.30. The van der Waals surface area contributed by atoms with E-state index in [-0.39, 0.29) is 0 Å². The number of hydrogen-bond donors (Lipinski definition) is 2. The van der Waals surface area contributed by atoms with Crippen molar-refractivity contribution < 1.29 is 4.39 Å². The highest BCUT2D eigenvalue weighted by Gasteiger charge is 2.25. The summed E-state index contributed by atoms with van der Waals surface area (Å²) in [7, 11) is 0. The van der Waals surface area contributed by atoms with E-state index >= 15 is 0 Å². The number of piperazine rings is 1. The van der Waals surface area contributed by atoms with E-state index in [1.807, 2.05) is 6.20 Å². The van der Waals surface area contributed by atoms with Crippen molar-refractivity contribution in [3.05, 3.63) is 71.3 Å². The molecule has 2 aliphatic heterocycles. The molecule has 4 heterocycles. The van der Waals surface area contributed by atoms with Gasteiger partial charge in [-0.1, -0.05) is 55.1 Å². The van der Waals surface area contributed by atoms with Crippen LogP contribution in [0.4, 0.5) is 16.0 Å². The lowest BCUT2D eigenvalue weighted by Gasteiger charge is -2.40. The predicted octanol–water partition coefficient (Wildman–Crippen LogP) is 7.01. The zero-order valence-electron chi connectivity index (χ0n) is 24.7. The van der Waals surface area contributed by atoms with E-state index in [0.717, 1.165) is 68.2 Å². The van der Waals surface area contributed by atoms with Gasteiger partial charge in [-0.05, 0) is 68.1 Å². The van der Waals surface area contributed by atoms with E-state index in [1.165, 1.54) is 68.5 Å². The van der Waals surface area contributed by atoms with E-state index < -0.39 is 5.82 Å². The van der Waals surface area contributed by atoms with Crippen LogP contribution in [0.5, 0.6) is 0 Å². The lowest BCUT2D eigenvalue weighted by molar-refractivity contribution is 0.0784. The van der Waals surface area contributed by atoms with Crippen LogP contribution in [0.1, 0.15) is 56.6 Å². The highest BCUT2D eigenvalue weighted by Crippen LogP contribution is 2.37. The van der Waals surface area contributed by atoms with Gasteiger partial charge in [0.25, 0.3) is 0 Å². The van der Waals surface area contributed by atoms with Gasteiger partial charge >= 0.3 is 0 Å². The molecular formula is C34H41ClFN7. The molecule has 1 saturated carbocycles. The molecule has 43 heavy (non-hydrogen) atoms. The number of fused-ring (bicyclic) bond motifs is 1. The molecule has 2 aromatic heterocycles. The summed E-state index contributed by atoms with van der Waals surface area (Å²) in [4.78, 5) is 14.9. The van der Waals surface area contributed by atoms with Crippen molar-refractivity contribution in [3.63, 3.8) is 0 Å². The molecule has 226 valence electrons. The monoisotopic (exact) mass is 601 g/mol. The first-order valence-electron chi connectivity index (χ1n) is 16.0. The van der Waals surface area contributed by atoms with Crippen LogP contribution in [0.15, 0.2) is 54.9 Å². The molecule has 7 nitrogen and oxygen atoms in total. The largest absolute Gasteiger partial charge is 0.329 e. The molecule has 7 rings (SSSR count). The van der Waals surface area contributed by atoms with Gasteiger partial charge in [-0.25, -0.2) is 9.37 Å². The van der Waals surface area contributed by atoms with Crippen LogP contribution in [0.3, 0.4) is 0 Å². The van der Waals surface area contributed by atoms with E-state index in [4.69, 9.17) is 16.6 Å². The first kappa shape index (κ1) is 28.7. The van der Waals surface area contributed by atoms with Gasteiger partial charge in [-0.2, -0.15) is 4.98 Å². The number of aromatic nitrogens is 3. The first-order chi connectivity index (χ1) is 21.1. The standard InChI is InChI=1S/C34H41ClFN7/c35-26-18-27(36)20-28(19-26)39-34-38-21-31-32(23-43(33(31)40-34)30-4-2-1-3-5-30)25-8-6-24(7-9-25)22-41-14-16-42(17-15-41)29-10-12-37-13-11-29/h6-9,18-21,23,29-30,37H,1-5,10-17,22H2,(H,38,39,40). The second kappa shape index (κ2) is 12.9. The van der Waals surface area contributed by atoms with Crippen molar-refractivity contribution >= 4 is 34.3 Å². The lowest BCUT2D eigenvalue weighted by atomic mass is 9.95. The number of halogens is 2. The second-order valence-corrected chi connectivity index (χ2v) is 12.9. The van der Waals surface area contributed by atoms with E-state index in [9.17, 15) is 4.39 Å². The van der Waals surface area contributed by atoms with Gasteiger partial charge in [0, 0.05) is 78.9 Å². The quantitative estimate of drug-likeness (QED) is 0.238. The van der Waals surface area contributed by atoms with Crippen LogP contribution in [-0.4, -0.2) is 69.6 Å². The van der Waals surface area contributed by atoms with Crippen LogP contribution < -0.4 is 10.6 Å². The predicted molar refractivity (Wildman–Crippen MR) is 173 cm³/mol. The third-order valence-electron chi connectivity index (χ3n) is 9.56. The summed E-state index contributed by atoms with van der Waals surface area (Å²) in [6.45, 7) is 7.92. The summed E-state index contributed by atoms with van der Waals surface area (Å²) in [5, 5.41) is 8.01. The Bertz CT molecular complexity index is 1510. The minimum atomic E-state index is -0.396. The fourth-order valence-electron chi connectivity index (χ4n) is 7.22. The molecule has 4 aromatic rings. The Morgan fingerprint density at radius 3 is 2.42 bits per heavy atom. The van der Waals surface area contributed by atoms with Gasteiger partial charge in [0.15, 0.2) is 0 Å². The average molecular weight is 602 g/mol. The summed E-state index contributed by atoms with van der Waals surface area (Å²) in [5.74, 6) is 0.0401. The minimum absolute atomic E-state index is 0.333. The Balaban J connectivity index is 1.10. The maximum absolute atomic E-state index is 14.0. The van der Waals surface area contributed by atoms with E-state index in [0.29, 0.717) is 22.7 Å². The highest BCUT2D eigenvalue weighted by atomic mass is 35.5. The minimum Gasteiger partial charge on any atom is -0.329 e. The molecule has 0 unspecified atom stereocenters. The van der Waals surface area contributed by atoms with Crippen LogP contribution in [0.25, 0.3) is 22.2 Å². The Morgan fingerprint density at radius 2 is 1.67 bits per heavy atom. The van der Waals surface area contributed by atoms with E-state index in [2.05, 4.69) is 60.4 Å². The van der Waals surface area contributed by atoms with Gasteiger partial charge < -0.3 is 15.2 Å². The Morgan fingerprint density at radius 1 is 0.907 bits per heavy atom. The molecule has 2 saturated heterocycles. The van der Waals surface area contributed by atoms with Crippen LogP contribution >= 0.6 is 11.6 Å².